The molecule has 8 nitrogen and oxygen atoms in total. The van der Waals surface area contributed by atoms with Gasteiger partial charge in [-0.3, -0.25) is 19.3 Å². The molecule has 2 heterocycles. The maximum absolute atomic E-state index is 13.6. The molecule has 0 spiro atoms. The first kappa shape index (κ1) is 28.2. The second-order valence-corrected chi connectivity index (χ2v) is 13.0. The number of amides is 1. The van der Waals surface area contributed by atoms with E-state index in [1.807, 2.05) is 0 Å². The molecule has 0 bridgehead atoms. The van der Waals surface area contributed by atoms with Crippen molar-refractivity contribution in [3.63, 3.8) is 0 Å². The summed E-state index contributed by atoms with van der Waals surface area (Å²) in [6.45, 7) is 9.36. The lowest BCUT2D eigenvalue weighted by Crippen LogP contribution is -2.51. The van der Waals surface area contributed by atoms with Crippen molar-refractivity contribution in [3.05, 3.63) is 76.4 Å². The third kappa shape index (κ3) is 4.82. The third-order valence-corrected chi connectivity index (χ3v) is 9.86. The van der Waals surface area contributed by atoms with Gasteiger partial charge in [-0.05, 0) is 77.8 Å². The van der Waals surface area contributed by atoms with Crippen LogP contribution >= 0.6 is 0 Å². The fourth-order valence-corrected chi connectivity index (χ4v) is 7.68. The Morgan fingerprint density at radius 3 is 2.74 bits per heavy atom. The standard InChI is InChI=1S/C33H37FN4O4/c1-20(2)21-6-9-26-22(14-21)7-11-28-32(3,12-5-13-33(26,28)4)19-42-29(39)18-37-16-24(35-36-37)17-38-27-10-8-23(34)15-25(27)30(40)31(38)41/h6,8-10,14-16,20,28H,5,7,11-13,17-19H2,1-4H3/t28-,32-,33+/m0/s1. The third-order valence-electron chi connectivity index (χ3n) is 9.86. The molecule has 0 saturated heterocycles. The number of anilines is 1. The minimum atomic E-state index is -0.755. The van der Waals surface area contributed by atoms with E-state index in [-0.39, 0.29) is 29.5 Å². The molecule has 1 aliphatic heterocycles. The van der Waals surface area contributed by atoms with Crippen molar-refractivity contribution in [2.24, 2.45) is 11.3 Å². The number of aryl methyl sites for hydroxylation is 1. The number of halogens is 1. The molecule has 3 aliphatic rings. The van der Waals surface area contributed by atoms with Crippen molar-refractivity contribution in [1.82, 2.24) is 15.0 Å². The quantitative estimate of drug-likeness (QED) is 0.273. The molecular weight excluding hydrogens is 535 g/mol. The molecule has 2 aromatic carbocycles. The number of ketones is 1. The molecule has 9 heteroatoms. The number of carbonyl (C=O) groups is 3. The number of fused-ring (bicyclic) bond motifs is 4. The number of esters is 1. The number of rotatable bonds is 7. The van der Waals surface area contributed by atoms with Crippen LogP contribution < -0.4 is 4.90 Å². The van der Waals surface area contributed by atoms with Crippen molar-refractivity contribution in [1.29, 1.82) is 0 Å². The van der Waals surface area contributed by atoms with Crippen molar-refractivity contribution in [2.45, 2.75) is 84.2 Å². The first-order chi connectivity index (χ1) is 20.0. The topological polar surface area (TPSA) is 94.4 Å². The Morgan fingerprint density at radius 2 is 1.95 bits per heavy atom. The summed E-state index contributed by atoms with van der Waals surface area (Å²) in [6, 6.07) is 10.7. The molecule has 42 heavy (non-hydrogen) atoms. The highest BCUT2D eigenvalue weighted by Crippen LogP contribution is 2.57. The van der Waals surface area contributed by atoms with Crippen LogP contribution in [-0.4, -0.2) is 39.3 Å². The smallest absolute Gasteiger partial charge is 0.327 e. The molecule has 1 aromatic heterocycles. The normalized spacial score (nSPS) is 24.9. The second-order valence-electron chi connectivity index (χ2n) is 13.0. The molecular formula is C33H37FN4O4. The summed E-state index contributed by atoms with van der Waals surface area (Å²) >= 11 is 0. The Morgan fingerprint density at radius 1 is 1.14 bits per heavy atom. The van der Waals surface area contributed by atoms with E-state index in [1.165, 1.54) is 38.4 Å². The monoisotopic (exact) mass is 572 g/mol. The van der Waals surface area contributed by atoms with Gasteiger partial charge in [0.1, 0.15) is 18.1 Å². The van der Waals surface area contributed by atoms with Crippen LogP contribution in [0.4, 0.5) is 10.1 Å². The predicted octanol–water partition coefficient (Wildman–Crippen LogP) is 5.52. The van der Waals surface area contributed by atoms with Crippen LogP contribution in [-0.2, 0) is 39.3 Å². The summed E-state index contributed by atoms with van der Waals surface area (Å²) in [5.74, 6) is -1.56. The average Bonchev–Trinajstić information content (AvgIpc) is 3.49. The fraction of sp³-hybridized carbons (Fsp3) is 0.485. The Balaban J connectivity index is 1.10. The van der Waals surface area contributed by atoms with Crippen LogP contribution in [0.25, 0.3) is 0 Å². The molecule has 6 rings (SSSR count). The number of aromatic nitrogens is 3. The first-order valence-corrected chi connectivity index (χ1v) is 14.8. The van der Waals surface area contributed by atoms with Gasteiger partial charge >= 0.3 is 5.97 Å². The van der Waals surface area contributed by atoms with Gasteiger partial charge in [0.15, 0.2) is 0 Å². The van der Waals surface area contributed by atoms with E-state index in [1.54, 1.807) is 6.20 Å². The summed E-state index contributed by atoms with van der Waals surface area (Å²) in [4.78, 5) is 38.9. The van der Waals surface area contributed by atoms with E-state index in [9.17, 15) is 18.8 Å². The van der Waals surface area contributed by atoms with Gasteiger partial charge in [-0.25, -0.2) is 9.07 Å². The predicted molar refractivity (Wildman–Crippen MR) is 155 cm³/mol. The second kappa shape index (κ2) is 10.4. The van der Waals surface area contributed by atoms with Crippen LogP contribution in [0.3, 0.4) is 0 Å². The van der Waals surface area contributed by atoms with Gasteiger partial charge in [0.05, 0.1) is 30.6 Å². The van der Waals surface area contributed by atoms with Crippen LogP contribution in [0.15, 0.2) is 42.6 Å². The highest BCUT2D eigenvalue weighted by atomic mass is 19.1. The van der Waals surface area contributed by atoms with Crippen LogP contribution in [0.2, 0.25) is 0 Å². The highest BCUT2D eigenvalue weighted by molar-refractivity contribution is 6.52. The minimum absolute atomic E-state index is 0.0171. The lowest BCUT2D eigenvalue weighted by Gasteiger charge is -2.55. The van der Waals surface area contributed by atoms with Gasteiger partial charge in [-0.1, -0.05) is 57.5 Å². The fourth-order valence-electron chi connectivity index (χ4n) is 7.68. The van der Waals surface area contributed by atoms with Crippen LogP contribution in [0.1, 0.15) is 92.0 Å². The lowest BCUT2D eigenvalue weighted by atomic mass is 9.50. The van der Waals surface area contributed by atoms with E-state index in [4.69, 9.17) is 4.74 Å². The van der Waals surface area contributed by atoms with E-state index in [0.29, 0.717) is 29.8 Å². The van der Waals surface area contributed by atoms with Gasteiger partial charge in [-0.15, -0.1) is 5.10 Å². The number of ether oxygens (including phenoxy) is 1. The first-order valence-electron chi connectivity index (χ1n) is 14.8. The van der Waals surface area contributed by atoms with Gasteiger partial charge in [0, 0.05) is 5.41 Å². The Hall–Kier alpha value is -3.88. The van der Waals surface area contributed by atoms with E-state index >= 15 is 0 Å². The number of Topliss-reactive ketones (excluding diaryl/α,β-unsaturated/α-hetero) is 1. The zero-order valence-electron chi connectivity index (χ0n) is 24.7. The van der Waals surface area contributed by atoms with E-state index in [0.717, 1.165) is 38.2 Å². The van der Waals surface area contributed by atoms with E-state index in [2.05, 4.69) is 56.2 Å². The Bertz CT molecular complexity index is 1580. The summed E-state index contributed by atoms with van der Waals surface area (Å²) < 4.78 is 20.8. The summed E-state index contributed by atoms with van der Waals surface area (Å²) in [6.07, 6.45) is 6.93. The van der Waals surface area contributed by atoms with Crippen LogP contribution in [0, 0.1) is 17.2 Å². The maximum atomic E-state index is 13.6. The largest absolute Gasteiger partial charge is 0.464 e. The molecule has 3 aromatic rings. The number of hydrogen-bond donors (Lipinski definition) is 0. The molecule has 0 radical (unpaired) electrons. The average molecular weight is 573 g/mol. The van der Waals surface area contributed by atoms with Gasteiger partial charge in [-0.2, -0.15) is 0 Å². The zero-order chi connectivity index (χ0) is 29.8. The van der Waals surface area contributed by atoms with Crippen molar-refractivity contribution in [3.8, 4) is 0 Å². The number of nitrogens with zero attached hydrogens (tertiary/aromatic N) is 4. The Labute approximate surface area is 245 Å². The number of benzene rings is 2. The molecule has 1 amide bonds. The van der Waals surface area contributed by atoms with Gasteiger partial charge in [0.2, 0.25) is 0 Å². The lowest BCUT2D eigenvalue weighted by molar-refractivity contribution is -0.152. The molecule has 2 aliphatic carbocycles. The molecule has 3 atom stereocenters. The molecule has 220 valence electrons. The number of carbonyl (C=O) groups excluding carboxylic acids is 3. The SMILES string of the molecule is CC(C)c1ccc2c(c1)CC[C@H]1[C@](C)(COC(=O)Cn3cc(CN4C(=O)C(=O)c5cc(F)ccc54)nn3)CCC[C@]21C. The van der Waals surface area contributed by atoms with Crippen LogP contribution in [0.5, 0.6) is 0 Å². The maximum Gasteiger partial charge on any atom is 0.327 e. The van der Waals surface area contributed by atoms with Gasteiger partial charge < -0.3 is 4.74 Å². The van der Waals surface area contributed by atoms with Crippen molar-refractivity contribution < 1.29 is 23.5 Å². The number of hydrogen-bond acceptors (Lipinski definition) is 6. The van der Waals surface area contributed by atoms with E-state index < -0.39 is 23.5 Å². The van der Waals surface area contributed by atoms with Crippen molar-refractivity contribution in [2.75, 3.05) is 11.5 Å². The molecule has 1 saturated carbocycles. The van der Waals surface area contributed by atoms with Crippen molar-refractivity contribution >= 4 is 23.3 Å². The zero-order valence-corrected chi connectivity index (χ0v) is 24.7. The van der Waals surface area contributed by atoms with Gasteiger partial charge in [0.25, 0.3) is 11.7 Å². The summed E-state index contributed by atoms with van der Waals surface area (Å²) in [5, 5.41) is 8.10. The molecule has 0 N–H and O–H groups in total. The summed E-state index contributed by atoms with van der Waals surface area (Å²) in [5.41, 5.74) is 5.02. The molecule has 0 unspecified atom stereocenters. The minimum Gasteiger partial charge on any atom is -0.464 e. The summed E-state index contributed by atoms with van der Waals surface area (Å²) in [7, 11) is 0. The highest BCUT2D eigenvalue weighted by Gasteiger charge is 2.52. The molecule has 1 fully saturated rings. The Kier molecular flexibility index (Phi) is 7.02.